The molecule has 5 atom stereocenters. The van der Waals surface area contributed by atoms with Crippen molar-refractivity contribution in [3.63, 3.8) is 0 Å². The first kappa shape index (κ1) is 8.16. The van der Waals surface area contributed by atoms with Crippen LogP contribution in [0.15, 0.2) is 0 Å². The molecule has 0 N–H and O–H groups in total. The van der Waals surface area contributed by atoms with Gasteiger partial charge < -0.3 is 4.74 Å². The molecular formula is C10H14O2S. The summed E-state index contributed by atoms with van der Waals surface area (Å²) >= 11 is 1.94. The molecule has 2 nitrogen and oxygen atoms in total. The molecule has 0 aromatic rings. The summed E-state index contributed by atoms with van der Waals surface area (Å²) in [6.07, 6.45) is 4.78. The zero-order valence-corrected chi connectivity index (χ0v) is 8.55. The molecule has 1 aliphatic heterocycles. The fraction of sp³-hybridized carbons (Fsp3) is 0.900. The lowest BCUT2D eigenvalue weighted by molar-refractivity contribution is -0.142. The minimum atomic E-state index is 0.0938. The number of cyclic esters (lactones) is 1. The number of fused-ring (bicyclic) bond motifs is 5. The standard InChI is InChI=1S/C10H14O2S/c1-13-8-3-5-2-6(8)9-7(5)4-12-10(9)11/h5-9H,2-4H2,1H3. The SMILES string of the molecule is CSC1CC2CC1C1C(=O)OCC21. The van der Waals surface area contributed by atoms with Gasteiger partial charge >= 0.3 is 5.97 Å². The van der Waals surface area contributed by atoms with E-state index in [9.17, 15) is 4.79 Å². The molecule has 1 saturated heterocycles. The van der Waals surface area contributed by atoms with Gasteiger partial charge in [-0.15, -0.1) is 0 Å². The number of hydrogen-bond acceptors (Lipinski definition) is 3. The second kappa shape index (κ2) is 2.66. The van der Waals surface area contributed by atoms with Gasteiger partial charge in [-0.25, -0.2) is 0 Å². The Kier molecular flexibility index (Phi) is 1.67. The fourth-order valence-electron chi connectivity index (χ4n) is 3.54. The van der Waals surface area contributed by atoms with Gasteiger partial charge in [0.1, 0.15) is 0 Å². The third kappa shape index (κ3) is 0.940. The van der Waals surface area contributed by atoms with E-state index in [4.69, 9.17) is 4.74 Å². The van der Waals surface area contributed by atoms with Gasteiger partial charge in [0.05, 0.1) is 12.5 Å². The summed E-state index contributed by atoms with van der Waals surface area (Å²) in [5.74, 6) is 2.38. The Morgan fingerprint density at radius 3 is 3.00 bits per heavy atom. The largest absolute Gasteiger partial charge is 0.465 e. The first-order valence-electron chi connectivity index (χ1n) is 5.00. The molecule has 3 rings (SSSR count). The van der Waals surface area contributed by atoms with Crippen molar-refractivity contribution in [2.24, 2.45) is 23.7 Å². The Balaban J connectivity index is 1.89. The van der Waals surface area contributed by atoms with E-state index >= 15 is 0 Å². The topological polar surface area (TPSA) is 26.3 Å². The van der Waals surface area contributed by atoms with Crippen LogP contribution in [0.4, 0.5) is 0 Å². The van der Waals surface area contributed by atoms with Crippen molar-refractivity contribution < 1.29 is 9.53 Å². The molecule has 0 radical (unpaired) electrons. The van der Waals surface area contributed by atoms with Gasteiger partial charge in [-0.1, -0.05) is 0 Å². The minimum Gasteiger partial charge on any atom is -0.465 e. The quantitative estimate of drug-likeness (QED) is 0.598. The van der Waals surface area contributed by atoms with E-state index in [1.165, 1.54) is 12.8 Å². The van der Waals surface area contributed by atoms with Crippen LogP contribution in [0.5, 0.6) is 0 Å². The maximum atomic E-state index is 11.5. The first-order valence-corrected chi connectivity index (χ1v) is 6.29. The molecule has 2 bridgehead atoms. The van der Waals surface area contributed by atoms with Crippen LogP contribution in [0.3, 0.4) is 0 Å². The lowest BCUT2D eigenvalue weighted by atomic mass is 9.81. The van der Waals surface area contributed by atoms with Crippen LogP contribution in [0.2, 0.25) is 0 Å². The smallest absolute Gasteiger partial charge is 0.309 e. The van der Waals surface area contributed by atoms with Crippen molar-refractivity contribution >= 4 is 17.7 Å². The molecule has 3 heteroatoms. The molecule has 1 heterocycles. The molecule has 3 aliphatic rings. The Bertz CT molecular complexity index is 253. The predicted molar refractivity (Wildman–Crippen MR) is 51.5 cm³/mol. The van der Waals surface area contributed by atoms with Crippen LogP contribution in [-0.2, 0) is 9.53 Å². The van der Waals surface area contributed by atoms with Crippen molar-refractivity contribution in [2.45, 2.75) is 18.1 Å². The van der Waals surface area contributed by atoms with E-state index in [1.807, 2.05) is 11.8 Å². The number of ether oxygens (including phenoxy) is 1. The number of carbonyl (C=O) groups is 1. The number of esters is 1. The average molecular weight is 198 g/mol. The van der Waals surface area contributed by atoms with Crippen LogP contribution in [0.1, 0.15) is 12.8 Å². The summed E-state index contributed by atoms with van der Waals surface area (Å²) in [5.41, 5.74) is 0. The maximum Gasteiger partial charge on any atom is 0.309 e. The van der Waals surface area contributed by atoms with E-state index in [2.05, 4.69) is 6.26 Å². The van der Waals surface area contributed by atoms with E-state index in [-0.39, 0.29) is 11.9 Å². The molecule has 2 aliphatic carbocycles. The van der Waals surface area contributed by atoms with Crippen molar-refractivity contribution in [2.75, 3.05) is 12.9 Å². The van der Waals surface area contributed by atoms with E-state index < -0.39 is 0 Å². The highest BCUT2D eigenvalue weighted by Gasteiger charge is 2.58. The van der Waals surface area contributed by atoms with E-state index in [1.54, 1.807) is 0 Å². The number of rotatable bonds is 1. The highest BCUT2D eigenvalue weighted by Crippen LogP contribution is 2.57. The number of thioether (sulfide) groups is 1. The van der Waals surface area contributed by atoms with Crippen molar-refractivity contribution in [3.05, 3.63) is 0 Å². The summed E-state index contributed by atoms with van der Waals surface area (Å²) in [7, 11) is 0. The van der Waals surface area contributed by atoms with Gasteiger partial charge in [-0.3, -0.25) is 4.79 Å². The Hall–Kier alpha value is -0.180. The molecule has 2 saturated carbocycles. The average Bonchev–Trinajstić information content (AvgIpc) is 2.76. The Morgan fingerprint density at radius 2 is 2.23 bits per heavy atom. The zero-order valence-electron chi connectivity index (χ0n) is 7.73. The van der Waals surface area contributed by atoms with Gasteiger partial charge in [0.25, 0.3) is 0 Å². The second-order valence-electron chi connectivity index (χ2n) is 4.49. The summed E-state index contributed by atoms with van der Waals surface area (Å²) in [6, 6.07) is 0. The van der Waals surface area contributed by atoms with Gasteiger partial charge in [0.2, 0.25) is 0 Å². The predicted octanol–water partition coefficient (Wildman–Crippen LogP) is 1.55. The van der Waals surface area contributed by atoms with Gasteiger partial charge in [0.15, 0.2) is 0 Å². The van der Waals surface area contributed by atoms with E-state index in [0.29, 0.717) is 18.4 Å². The number of carbonyl (C=O) groups excluding carboxylic acids is 1. The van der Waals surface area contributed by atoms with Crippen molar-refractivity contribution in [1.29, 1.82) is 0 Å². The molecule has 0 amide bonds. The van der Waals surface area contributed by atoms with Gasteiger partial charge in [-0.05, 0) is 30.9 Å². The van der Waals surface area contributed by atoms with Gasteiger partial charge in [0, 0.05) is 11.2 Å². The van der Waals surface area contributed by atoms with Crippen LogP contribution in [-0.4, -0.2) is 24.1 Å². The molecule has 0 spiro atoms. The van der Waals surface area contributed by atoms with Crippen molar-refractivity contribution in [3.8, 4) is 0 Å². The van der Waals surface area contributed by atoms with Crippen LogP contribution in [0, 0.1) is 23.7 Å². The third-order valence-electron chi connectivity index (χ3n) is 4.11. The summed E-state index contributed by atoms with van der Waals surface area (Å²) in [5, 5.41) is 0.733. The second-order valence-corrected chi connectivity index (χ2v) is 5.57. The molecule has 3 fully saturated rings. The summed E-state index contributed by atoms with van der Waals surface area (Å²) in [4.78, 5) is 11.5. The molecular weight excluding hydrogens is 184 g/mol. The zero-order chi connectivity index (χ0) is 9.00. The monoisotopic (exact) mass is 198 g/mol. The van der Waals surface area contributed by atoms with Gasteiger partial charge in [-0.2, -0.15) is 11.8 Å². The van der Waals surface area contributed by atoms with Crippen molar-refractivity contribution in [1.82, 2.24) is 0 Å². The van der Waals surface area contributed by atoms with Crippen LogP contribution < -0.4 is 0 Å². The minimum absolute atomic E-state index is 0.0938. The maximum absolute atomic E-state index is 11.5. The van der Waals surface area contributed by atoms with Crippen LogP contribution in [0.25, 0.3) is 0 Å². The third-order valence-corrected chi connectivity index (χ3v) is 5.26. The highest BCUT2D eigenvalue weighted by atomic mass is 32.2. The summed E-state index contributed by atoms with van der Waals surface area (Å²) in [6.45, 7) is 0.714. The fourth-order valence-corrected chi connectivity index (χ4v) is 4.61. The molecule has 72 valence electrons. The molecule has 0 aromatic carbocycles. The first-order chi connectivity index (χ1) is 6.31. The van der Waals surface area contributed by atoms with E-state index in [0.717, 1.165) is 11.2 Å². The highest BCUT2D eigenvalue weighted by molar-refractivity contribution is 7.99. The Morgan fingerprint density at radius 1 is 1.38 bits per heavy atom. The number of hydrogen-bond donors (Lipinski definition) is 0. The lowest BCUT2D eigenvalue weighted by Crippen LogP contribution is -2.30. The normalized spacial score (nSPS) is 52.4. The lowest BCUT2D eigenvalue weighted by Gasteiger charge is -2.26. The summed E-state index contributed by atoms with van der Waals surface area (Å²) < 4.78 is 5.15. The molecule has 13 heavy (non-hydrogen) atoms. The Labute approximate surface area is 82.4 Å². The molecule has 0 aromatic heterocycles. The van der Waals surface area contributed by atoms with Crippen LogP contribution >= 0.6 is 11.8 Å². The molecule has 5 unspecified atom stereocenters.